The van der Waals surface area contributed by atoms with Crippen LogP contribution in [0.15, 0.2) is 36.4 Å². The van der Waals surface area contributed by atoms with Gasteiger partial charge in [0.15, 0.2) is 0 Å². The third kappa shape index (κ3) is 6.44. The third-order valence-corrected chi connectivity index (χ3v) is 6.76. The molecule has 0 radical (unpaired) electrons. The summed E-state index contributed by atoms with van der Waals surface area (Å²) in [6, 6.07) is 8.79. The van der Waals surface area contributed by atoms with E-state index in [4.69, 9.17) is 4.74 Å². The maximum atomic E-state index is 5.70. The smallest absolute Gasteiger partial charge is 0.119 e. The molecule has 1 aromatic carbocycles. The van der Waals surface area contributed by atoms with E-state index in [2.05, 4.69) is 62.1 Å². The lowest BCUT2D eigenvalue weighted by atomic mass is 9.79. The Hall–Kier alpha value is -1.68. The molecule has 1 aromatic rings. The Morgan fingerprint density at radius 3 is 2.29 bits per heavy atom. The standard InChI is InChI=1S/C27H38O/c1-3-21-28-27-19-17-26(18-20-27)25-15-13-24(14-16-25)8-6-5-7-23-11-9-22(4-2)10-12-23/h5,7,17-20,22-25H,3-4,9-16,21H2,1-2H3/t22-,23-,24-,25-. The van der Waals surface area contributed by atoms with Crippen molar-refractivity contribution in [2.45, 2.75) is 84.0 Å². The lowest BCUT2D eigenvalue weighted by Crippen LogP contribution is -2.12. The Morgan fingerprint density at radius 1 is 0.929 bits per heavy atom. The first-order valence-corrected chi connectivity index (χ1v) is 11.7. The fraction of sp³-hybridized carbons (Fsp3) is 0.630. The van der Waals surface area contributed by atoms with Crippen LogP contribution in [0.5, 0.6) is 5.75 Å². The Morgan fingerprint density at radius 2 is 1.64 bits per heavy atom. The second-order valence-electron chi connectivity index (χ2n) is 8.80. The van der Waals surface area contributed by atoms with Crippen molar-refractivity contribution in [3.8, 4) is 17.6 Å². The van der Waals surface area contributed by atoms with Crippen LogP contribution in [0.2, 0.25) is 0 Å². The normalized spacial score (nSPS) is 27.9. The van der Waals surface area contributed by atoms with Gasteiger partial charge in [0.25, 0.3) is 0 Å². The van der Waals surface area contributed by atoms with Crippen LogP contribution in [0.25, 0.3) is 0 Å². The van der Waals surface area contributed by atoms with Gasteiger partial charge in [-0.2, -0.15) is 0 Å². The van der Waals surface area contributed by atoms with Crippen LogP contribution >= 0.6 is 0 Å². The predicted molar refractivity (Wildman–Crippen MR) is 120 cm³/mol. The van der Waals surface area contributed by atoms with E-state index in [1.54, 1.807) is 0 Å². The summed E-state index contributed by atoms with van der Waals surface area (Å²) in [5.41, 5.74) is 1.47. The molecule has 0 saturated heterocycles. The van der Waals surface area contributed by atoms with Gasteiger partial charge in [0.2, 0.25) is 0 Å². The van der Waals surface area contributed by atoms with Crippen LogP contribution in [0.1, 0.15) is 89.5 Å². The SMILES string of the molecule is CCCOc1ccc([C@H]2CC[C@H](C#CC=C[C@H]3CC[C@H](CC)CC3)CC2)cc1. The van der Waals surface area contributed by atoms with Crippen LogP contribution in [0.4, 0.5) is 0 Å². The van der Waals surface area contributed by atoms with Gasteiger partial charge in [-0.25, -0.2) is 0 Å². The van der Waals surface area contributed by atoms with Gasteiger partial charge in [0.1, 0.15) is 5.75 Å². The van der Waals surface area contributed by atoms with Gasteiger partial charge in [-0.3, -0.25) is 0 Å². The van der Waals surface area contributed by atoms with Crippen molar-refractivity contribution in [3.63, 3.8) is 0 Å². The van der Waals surface area contributed by atoms with Gasteiger partial charge in [-0.1, -0.05) is 50.3 Å². The third-order valence-electron chi connectivity index (χ3n) is 6.76. The van der Waals surface area contributed by atoms with Crippen molar-refractivity contribution < 1.29 is 4.74 Å². The minimum Gasteiger partial charge on any atom is -0.494 e. The van der Waals surface area contributed by atoms with Crippen LogP contribution < -0.4 is 4.74 Å². The minimum atomic E-state index is 0.587. The van der Waals surface area contributed by atoms with Gasteiger partial charge < -0.3 is 4.74 Å². The summed E-state index contributed by atoms with van der Waals surface area (Å²) in [5, 5.41) is 0. The Bertz CT molecular complexity index is 644. The first-order valence-electron chi connectivity index (χ1n) is 11.7. The molecule has 0 heterocycles. The highest BCUT2D eigenvalue weighted by atomic mass is 16.5. The summed E-state index contributed by atoms with van der Waals surface area (Å²) < 4.78 is 5.70. The molecule has 0 unspecified atom stereocenters. The molecule has 0 N–H and O–H groups in total. The second-order valence-corrected chi connectivity index (χ2v) is 8.80. The van der Waals surface area contributed by atoms with Crippen molar-refractivity contribution in [2.24, 2.45) is 17.8 Å². The average Bonchev–Trinajstić information content (AvgIpc) is 2.76. The van der Waals surface area contributed by atoms with E-state index < -0.39 is 0 Å². The molecule has 2 saturated carbocycles. The molecule has 0 atom stereocenters. The monoisotopic (exact) mass is 378 g/mol. The van der Waals surface area contributed by atoms with Crippen LogP contribution in [-0.4, -0.2) is 6.61 Å². The van der Waals surface area contributed by atoms with Crippen LogP contribution in [-0.2, 0) is 0 Å². The van der Waals surface area contributed by atoms with E-state index in [9.17, 15) is 0 Å². The van der Waals surface area contributed by atoms with Gasteiger partial charge >= 0.3 is 0 Å². The Kier molecular flexibility index (Phi) is 8.53. The molecule has 3 rings (SSSR count). The molecule has 2 aliphatic carbocycles. The van der Waals surface area contributed by atoms with E-state index in [0.717, 1.165) is 30.6 Å². The summed E-state index contributed by atoms with van der Waals surface area (Å²) in [4.78, 5) is 0. The Balaban J connectivity index is 1.40. The molecule has 0 amide bonds. The zero-order valence-corrected chi connectivity index (χ0v) is 18.0. The Labute approximate surface area is 173 Å². The molecular weight excluding hydrogens is 340 g/mol. The van der Waals surface area contributed by atoms with Crippen molar-refractivity contribution in [1.82, 2.24) is 0 Å². The topological polar surface area (TPSA) is 9.23 Å². The van der Waals surface area contributed by atoms with Crippen LogP contribution in [0.3, 0.4) is 0 Å². The molecule has 0 aliphatic heterocycles. The first-order chi connectivity index (χ1) is 13.8. The highest BCUT2D eigenvalue weighted by Crippen LogP contribution is 2.36. The summed E-state index contributed by atoms with van der Waals surface area (Å²) in [6.07, 6.45) is 17.5. The van der Waals surface area contributed by atoms with Gasteiger partial charge in [0.05, 0.1) is 6.61 Å². The number of benzene rings is 1. The number of rotatable bonds is 6. The molecule has 0 aromatic heterocycles. The lowest BCUT2D eigenvalue weighted by molar-refractivity contribution is 0.304. The van der Waals surface area contributed by atoms with Crippen molar-refractivity contribution in [1.29, 1.82) is 0 Å². The van der Waals surface area contributed by atoms with Gasteiger partial charge in [0, 0.05) is 5.92 Å². The number of ether oxygens (including phenoxy) is 1. The van der Waals surface area contributed by atoms with Crippen molar-refractivity contribution in [2.75, 3.05) is 6.61 Å². The molecule has 28 heavy (non-hydrogen) atoms. The fourth-order valence-electron chi connectivity index (χ4n) is 4.77. The van der Waals surface area contributed by atoms with Gasteiger partial charge in [-0.05, 0) is 99.3 Å². The second kappa shape index (κ2) is 11.4. The maximum absolute atomic E-state index is 5.70. The highest BCUT2D eigenvalue weighted by Gasteiger charge is 2.21. The zero-order chi connectivity index (χ0) is 19.6. The molecular formula is C27H38O. The zero-order valence-electron chi connectivity index (χ0n) is 18.0. The van der Waals surface area contributed by atoms with E-state index in [-0.39, 0.29) is 0 Å². The van der Waals surface area contributed by atoms with Crippen molar-refractivity contribution >= 4 is 0 Å². The summed E-state index contributed by atoms with van der Waals surface area (Å²) in [5.74, 6) is 10.9. The summed E-state index contributed by atoms with van der Waals surface area (Å²) in [7, 11) is 0. The number of hydrogen-bond acceptors (Lipinski definition) is 1. The van der Waals surface area contributed by atoms with E-state index >= 15 is 0 Å². The van der Waals surface area contributed by atoms with E-state index in [1.165, 1.54) is 63.4 Å². The fourth-order valence-corrected chi connectivity index (χ4v) is 4.77. The van der Waals surface area contributed by atoms with Gasteiger partial charge in [-0.15, -0.1) is 0 Å². The molecule has 1 heteroatoms. The van der Waals surface area contributed by atoms with E-state index in [1.807, 2.05) is 0 Å². The molecule has 0 bridgehead atoms. The largest absolute Gasteiger partial charge is 0.494 e. The summed E-state index contributed by atoms with van der Waals surface area (Å²) >= 11 is 0. The molecule has 152 valence electrons. The molecule has 1 nitrogen and oxygen atoms in total. The number of hydrogen-bond donors (Lipinski definition) is 0. The summed E-state index contributed by atoms with van der Waals surface area (Å²) in [6.45, 7) is 5.28. The molecule has 2 fully saturated rings. The average molecular weight is 379 g/mol. The van der Waals surface area contributed by atoms with E-state index in [0.29, 0.717) is 11.8 Å². The lowest BCUT2D eigenvalue weighted by Gasteiger charge is -2.26. The van der Waals surface area contributed by atoms with Crippen molar-refractivity contribution in [3.05, 3.63) is 42.0 Å². The predicted octanol–water partition coefficient (Wildman–Crippen LogP) is 7.53. The highest BCUT2D eigenvalue weighted by molar-refractivity contribution is 5.30. The number of allylic oxidation sites excluding steroid dienone is 2. The quantitative estimate of drug-likeness (QED) is 0.465. The molecule has 2 aliphatic rings. The molecule has 0 spiro atoms. The van der Waals surface area contributed by atoms with Crippen LogP contribution in [0, 0.1) is 29.6 Å². The minimum absolute atomic E-state index is 0.587. The maximum Gasteiger partial charge on any atom is 0.119 e. The first kappa shape index (κ1) is 21.0.